The van der Waals surface area contributed by atoms with E-state index in [9.17, 15) is 4.79 Å². The van der Waals surface area contributed by atoms with Crippen molar-refractivity contribution < 1.29 is 4.79 Å². The van der Waals surface area contributed by atoms with Crippen molar-refractivity contribution >= 4 is 11.9 Å². The van der Waals surface area contributed by atoms with Gasteiger partial charge < -0.3 is 15.5 Å². The largest absolute Gasteiger partial charge is 0.356 e. The van der Waals surface area contributed by atoms with Crippen LogP contribution in [-0.4, -0.2) is 36.9 Å². The first kappa shape index (κ1) is 22.3. The van der Waals surface area contributed by atoms with E-state index in [1.807, 2.05) is 11.9 Å². The van der Waals surface area contributed by atoms with Crippen LogP contribution in [0.15, 0.2) is 29.3 Å². The van der Waals surface area contributed by atoms with Gasteiger partial charge in [-0.15, -0.1) is 0 Å². The van der Waals surface area contributed by atoms with Gasteiger partial charge in [0.05, 0.1) is 0 Å². The minimum Gasteiger partial charge on any atom is -0.356 e. The van der Waals surface area contributed by atoms with E-state index in [0.717, 1.165) is 38.6 Å². The maximum Gasteiger partial charge on any atom is 0.222 e. The van der Waals surface area contributed by atoms with Crippen LogP contribution in [0, 0.1) is 5.41 Å². The Bertz CT molecular complexity index is 637. The van der Waals surface area contributed by atoms with E-state index in [4.69, 9.17) is 0 Å². The fourth-order valence-corrected chi connectivity index (χ4v) is 3.53. The SMILES string of the molecule is CCCCCC(C)(C)CNC(=NC)NCc1ccc(CN2CCCC2=O)cc1. The number of unbranched alkanes of at least 4 members (excludes halogenated alkanes) is 2. The van der Waals surface area contributed by atoms with Crippen molar-refractivity contribution in [2.75, 3.05) is 20.1 Å². The van der Waals surface area contributed by atoms with Gasteiger partial charge >= 0.3 is 0 Å². The Labute approximate surface area is 171 Å². The molecular formula is C23H38N4O. The van der Waals surface area contributed by atoms with Crippen molar-refractivity contribution in [1.29, 1.82) is 0 Å². The van der Waals surface area contributed by atoms with Gasteiger partial charge in [0.1, 0.15) is 0 Å². The molecule has 0 spiro atoms. The number of hydrogen-bond acceptors (Lipinski definition) is 2. The van der Waals surface area contributed by atoms with Crippen molar-refractivity contribution in [3.05, 3.63) is 35.4 Å². The normalized spacial score (nSPS) is 15.2. The van der Waals surface area contributed by atoms with Crippen LogP contribution in [0.5, 0.6) is 0 Å². The predicted molar refractivity (Wildman–Crippen MR) is 117 cm³/mol. The molecule has 0 saturated carbocycles. The molecule has 1 aromatic rings. The van der Waals surface area contributed by atoms with E-state index in [2.05, 4.69) is 60.7 Å². The van der Waals surface area contributed by atoms with Gasteiger partial charge in [-0.3, -0.25) is 9.79 Å². The number of aliphatic imine (C=N–C) groups is 1. The van der Waals surface area contributed by atoms with Crippen molar-refractivity contribution in [2.45, 2.75) is 72.4 Å². The molecule has 1 fully saturated rings. The highest BCUT2D eigenvalue weighted by molar-refractivity contribution is 5.79. The van der Waals surface area contributed by atoms with Crippen molar-refractivity contribution in [3.8, 4) is 0 Å². The average Bonchev–Trinajstić information content (AvgIpc) is 3.08. The molecule has 0 bridgehead atoms. The standard InChI is InChI=1S/C23H38N4O/c1-5-6-7-14-23(2,3)18-26-22(24-4)25-16-19-10-12-20(13-11-19)17-27-15-8-9-21(27)28/h10-13H,5-9,14-18H2,1-4H3,(H2,24,25,26). The first-order valence-corrected chi connectivity index (χ1v) is 10.7. The third-order valence-electron chi connectivity index (χ3n) is 5.44. The number of benzene rings is 1. The Balaban J connectivity index is 1.75. The van der Waals surface area contributed by atoms with Crippen LogP contribution in [0.3, 0.4) is 0 Å². The Morgan fingerprint density at radius 1 is 1.14 bits per heavy atom. The van der Waals surface area contributed by atoms with Gasteiger partial charge in [0.15, 0.2) is 5.96 Å². The molecular weight excluding hydrogens is 348 g/mol. The molecule has 1 heterocycles. The molecule has 1 saturated heterocycles. The summed E-state index contributed by atoms with van der Waals surface area (Å²) in [5.41, 5.74) is 2.67. The van der Waals surface area contributed by atoms with Crippen molar-refractivity contribution in [3.63, 3.8) is 0 Å². The first-order valence-electron chi connectivity index (χ1n) is 10.7. The van der Waals surface area contributed by atoms with E-state index in [1.54, 1.807) is 0 Å². The van der Waals surface area contributed by atoms with E-state index >= 15 is 0 Å². The molecule has 1 amide bonds. The molecule has 2 N–H and O–H groups in total. The summed E-state index contributed by atoms with van der Waals surface area (Å²) in [6, 6.07) is 8.50. The number of nitrogens with zero attached hydrogens (tertiary/aromatic N) is 2. The summed E-state index contributed by atoms with van der Waals surface area (Å²) in [7, 11) is 1.82. The Hall–Kier alpha value is -2.04. The van der Waals surface area contributed by atoms with Crippen LogP contribution < -0.4 is 10.6 Å². The fraction of sp³-hybridized carbons (Fsp3) is 0.652. The number of rotatable bonds is 10. The molecule has 2 rings (SSSR count). The summed E-state index contributed by atoms with van der Waals surface area (Å²) in [6.45, 7) is 10.1. The fourth-order valence-electron chi connectivity index (χ4n) is 3.53. The summed E-state index contributed by atoms with van der Waals surface area (Å²) >= 11 is 0. The van der Waals surface area contributed by atoms with Gasteiger partial charge in [-0.2, -0.15) is 0 Å². The minimum atomic E-state index is 0.265. The van der Waals surface area contributed by atoms with Crippen LogP contribution in [0.1, 0.15) is 70.4 Å². The average molecular weight is 387 g/mol. The molecule has 0 atom stereocenters. The zero-order chi connectivity index (χ0) is 20.4. The molecule has 1 aliphatic heterocycles. The zero-order valence-electron chi connectivity index (χ0n) is 18.2. The lowest BCUT2D eigenvalue weighted by molar-refractivity contribution is -0.128. The second-order valence-electron chi connectivity index (χ2n) is 8.64. The third kappa shape index (κ3) is 7.53. The zero-order valence-corrected chi connectivity index (χ0v) is 18.2. The lowest BCUT2D eigenvalue weighted by Gasteiger charge is -2.26. The molecule has 28 heavy (non-hydrogen) atoms. The minimum absolute atomic E-state index is 0.265. The summed E-state index contributed by atoms with van der Waals surface area (Å²) in [6.07, 6.45) is 6.77. The number of hydrogen-bond donors (Lipinski definition) is 2. The second kappa shape index (κ2) is 11.1. The quantitative estimate of drug-likeness (QED) is 0.362. The number of likely N-dealkylation sites (tertiary alicyclic amines) is 1. The van der Waals surface area contributed by atoms with Crippen LogP contribution in [0.2, 0.25) is 0 Å². The topological polar surface area (TPSA) is 56.7 Å². The van der Waals surface area contributed by atoms with Gasteiger partial charge in [-0.1, -0.05) is 64.3 Å². The van der Waals surface area contributed by atoms with Gasteiger partial charge in [0.25, 0.3) is 0 Å². The third-order valence-corrected chi connectivity index (χ3v) is 5.44. The van der Waals surface area contributed by atoms with Crippen LogP contribution >= 0.6 is 0 Å². The molecule has 0 aromatic heterocycles. The van der Waals surface area contributed by atoms with Crippen LogP contribution in [0.4, 0.5) is 0 Å². The van der Waals surface area contributed by atoms with Crippen molar-refractivity contribution in [2.24, 2.45) is 10.4 Å². The number of amides is 1. The van der Waals surface area contributed by atoms with E-state index in [-0.39, 0.29) is 11.3 Å². The number of carbonyl (C=O) groups is 1. The molecule has 1 aliphatic rings. The van der Waals surface area contributed by atoms with Gasteiger partial charge in [-0.05, 0) is 29.4 Å². The maximum atomic E-state index is 11.8. The Kier molecular flexibility index (Phi) is 8.81. The molecule has 0 aliphatic carbocycles. The van der Waals surface area contributed by atoms with Gasteiger partial charge in [-0.25, -0.2) is 0 Å². The summed E-state index contributed by atoms with van der Waals surface area (Å²) in [5.74, 6) is 1.12. The maximum absolute atomic E-state index is 11.8. The van der Waals surface area contributed by atoms with Crippen LogP contribution in [-0.2, 0) is 17.9 Å². The highest BCUT2D eigenvalue weighted by Crippen LogP contribution is 2.22. The van der Waals surface area contributed by atoms with Crippen LogP contribution in [0.25, 0.3) is 0 Å². The number of guanidine groups is 1. The van der Waals surface area contributed by atoms with Gasteiger partial charge in [0, 0.05) is 39.6 Å². The Morgan fingerprint density at radius 3 is 2.46 bits per heavy atom. The second-order valence-corrected chi connectivity index (χ2v) is 8.64. The smallest absolute Gasteiger partial charge is 0.222 e. The molecule has 0 unspecified atom stereocenters. The molecule has 1 aromatic carbocycles. The van der Waals surface area contributed by atoms with Crippen molar-refractivity contribution in [1.82, 2.24) is 15.5 Å². The first-order chi connectivity index (χ1) is 13.4. The highest BCUT2D eigenvalue weighted by atomic mass is 16.2. The lowest BCUT2D eigenvalue weighted by Crippen LogP contribution is -2.41. The lowest BCUT2D eigenvalue weighted by atomic mass is 9.87. The molecule has 5 heteroatoms. The predicted octanol–water partition coefficient (Wildman–Crippen LogP) is 4.08. The van der Waals surface area contributed by atoms with E-state index in [0.29, 0.717) is 6.42 Å². The molecule has 5 nitrogen and oxygen atoms in total. The molecule has 0 radical (unpaired) electrons. The molecule has 156 valence electrons. The van der Waals surface area contributed by atoms with E-state index in [1.165, 1.54) is 36.8 Å². The van der Waals surface area contributed by atoms with E-state index < -0.39 is 0 Å². The number of nitrogens with one attached hydrogen (secondary N) is 2. The summed E-state index contributed by atoms with van der Waals surface area (Å²) in [4.78, 5) is 18.1. The monoisotopic (exact) mass is 386 g/mol. The summed E-state index contributed by atoms with van der Waals surface area (Å²) in [5, 5.41) is 6.87. The summed E-state index contributed by atoms with van der Waals surface area (Å²) < 4.78 is 0. The number of carbonyl (C=O) groups excluding carboxylic acids is 1. The van der Waals surface area contributed by atoms with Gasteiger partial charge in [0.2, 0.25) is 5.91 Å². The highest BCUT2D eigenvalue weighted by Gasteiger charge is 2.20. The Morgan fingerprint density at radius 2 is 1.86 bits per heavy atom.